The largest absolute Gasteiger partial charge is 0.379 e. The van der Waals surface area contributed by atoms with Crippen LogP contribution in [0.3, 0.4) is 0 Å². The van der Waals surface area contributed by atoms with E-state index in [-0.39, 0.29) is 0 Å². The van der Waals surface area contributed by atoms with E-state index in [0.717, 1.165) is 32.2 Å². The molecule has 3 nitrogen and oxygen atoms in total. The molecule has 1 aliphatic heterocycles. The number of nitrogens with zero attached hydrogens (tertiary/aromatic N) is 2. The van der Waals surface area contributed by atoms with Gasteiger partial charge < -0.3 is 9.64 Å². The van der Waals surface area contributed by atoms with Crippen LogP contribution in [0, 0.1) is 5.92 Å². The molecular formula is C11H24N2O. The molecule has 1 rings (SSSR count). The third-order valence-electron chi connectivity index (χ3n) is 3.10. The van der Waals surface area contributed by atoms with Crippen LogP contribution in [0.2, 0.25) is 0 Å². The average Bonchev–Trinajstić information content (AvgIpc) is 2.17. The molecule has 0 radical (unpaired) electrons. The topological polar surface area (TPSA) is 15.7 Å². The van der Waals surface area contributed by atoms with Crippen LogP contribution >= 0.6 is 0 Å². The summed E-state index contributed by atoms with van der Waals surface area (Å²) in [5.41, 5.74) is 0. The fraction of sp³-hybridized carbons (Fsp3) is 1.00. The minimum Gasteiger partial charge on any atom is -0.379 e. The van der Waals surface area contributed by atoms with E-state index in [9.17, 15) is 0 Å². The third kappa shape index (κ3) is 3.56. The fourth-order valence-electron chi connectivity index (χ4n) is 2.07. The summed E-state index contributed by atoms with van der Waals surface area (Å²) in [5.74, 6) is 0.725. The van der Waals surface area contributed by atoms with E-state index in [0.29, 0.717) is 6.04 Å². The van der Waals surface area contributed by atoms with E-state index in [1.165, 1.54) is 6.54 Å². The van der Waals surface area contributed by atoms with Crippen LogP contribution in [-0.4, -0.2) is 62.8 Å². The molecule has 1 heterocycles. The summed E-state index contributed by atoms with van der Waals surface area (Å²) >= 11 is 0. The maximum Gasteiger partial charge on any atom is 0.0594 e. The van der Waals surface area contributed by atoms with Crippen molar-refractivity contribution in [3.63, 3.8) is 0 Å². The van der Waals surface area contributed by atoms with E-state index in [1.807, 2.05) is 0 Å². The first kappa shape index (κ1) is 12.0. The van der Waals surface area contributed by atoms with Crippen LogP contribution < -0.4 is 0 Å². The van der Waals surface area contributed by atoms with Gasteiger partial charge in [-0.3, -0.25) is 4.90 Å². The minimum atomic E-state index is 0.668. The molecule has 2 atom stereocenters. The Balaban J connectivity index is 2.33. The minimum absolute atomic E-state index is 0.668. The van der Waals surface area contributed by atoms with E-state index < -0.39 is 0 Å². The summed E-state index contributed by atoms with van der Waals surface area (Å²) in [7, 11) is 4.28. The summed E-state index contributed by atoms with van der Waals surface area (Å²) in [6, 6.07) is 0.668. The van der Waals surface area contributed by atoms with Gasteiger partial charge in [-0.05, 0) is 26.9 Å². The highest BCUT2D eigenvalue weighted by Crippen LogP contribution is 2.13. The molecule has 0 N–H and O–H groups in total. The van der Waals surface area contributed by atoms with Crippen molar-refractivity contribution in [1.82, 2.24) is 9.80 Å². The summed E-state index contributed by atoms with van der Waals surface area (Å²) in [6.45, 7) is 9.83. The molecule has 0 amide bonds. The first-order chi connectivity index (χ1) is 6.61. The SMILES string of the molecule is CC(CN(C)C)C(C)N1CCOCC1. The lowest BCUT2D eigenvalue weighted by Crippen LogP contribution is -2.46. The van der Waals surface area contributed by atoms with E-state index >= 15 is 0 Å². The molecule has 3 heteroatoms. The van der Waals surface area contributed by atoms with Crippen molar-refractivity contribution in [1.29, 1.82) is 0 Å². The van der Waals surface area contributed by atoms with E-state index in [4.69, 9.17) is 4.74 Å². The number of hydrogen-bond acceptors (Lipinski definition) is 3. The standard InChI is InChI=1S/C11H24N2O/c1-10(9-12(3)4)11(2)13-5-7-14-8-6-13/h10-11H,5-9H2,1-4H3. The molecule has 2 unspecified atom stereocenters. The van der Waals surface area contributed by atoms with Crippen LogP contribution in [0.1, 0.15) is 13.8 Å². The Kier molecular flexibility index (Phi) is 4.85. The fourth-order valence-corrected chi connectivity index (χ4v) is 2.07. The van der Waals surface area contributed by atoms with Crippen LogP contribution in [0.25, 0.3) is 0 Å². The Morgan fingerprint density at radius 2 is 1.79 bits per heavy atom. The van der Waals surface area contributed by atoms with Gasteiger partial charge in [-0.25, -0.2) is 0 Å². The van der Waals surface area contributed by atoms with Crippen molar-refractivity contribution in [2.45, 2.75) is 19.9 Å². The molecule has 0 spiro atoms. The molecule has 0 aromatic carbocycles. The predicted octanol–water partition coefficient (Wildman–Crippen LogP) is 0.905. The average molecular weight is 200 g/mol. The molecule has 1 fully saturated rings. The monoisotopic (exact) mass is 200 g/mol. The van der Waals surface area contributed by atoms with Gasteiger partial charge in [-0.15, -0.1) is 0 Å². The second-order valence-electron chi connectivity index (χ2n) is 4.63. The molecular weight excluding hydrogens is 176 g/mol. The molecule has 0 bridgehead atoms. The zero-order valence-electron chi connectivity index (χ0n) is 9.99. The van der Waals surface area contributed by atoms with Gasteiger partial charge in [0.25, 0.3) is 0 Å². The summed E-state index contributed by atoms with van der Waals surface area (Å²) < 4.78 is 5.36. The number of rotatable bonds is 4. The molecule has 14 heavy (non-hydrogen) atoms. The zero-order valence-corrected chi connectivity index (χ0v) is 9.99. The van der Waals surface area contributed by atoms with Gasteiger partial charge in [0.1, 0.15) is 0 Å². The molecule has 0 aromatic heterocycles. The van der Waals surface area contributed by atoms with Crippen molar-refractivity contribution < 1.29 is 4.74 Å². The van der Waals surface area contributed by atoms with Crippen LogP contribution in [-0.2, 0) is 4.74 Å². The zero-order chi connectivity index (χ0) is 10.6. The highest BCUT2D eigenvalue weighted by molar-refractivity contribution is 4.75. The van der Waals surface area contributed by atoms with Crippen molar-refractivity contribution >= 4 is 0 Å². The lowest BCUT2D eigenvalue weighted by molar-refractivity contribution is 0.00672. The molecule has 1 aliphatic rings. The first-order valence-corrected chi connectivity index (χ1v) is 5.57. The summed E-state index contributed by atoms with van der Waals surface area (Å²) in [5, 5.41) is 0. The molecule has 84 valence electrons. The van der Waals surface area contributed by atoms with Crippen molar-refractivity contribution in [2.24, 2.45) is 5.92 Å². The van der Waals surface area contributed by atoms with E-state index in [1.54, 1.807) is 0 Å². The molecule has 0 aromatic rings. The van der Waals surface area contributed by atoms with E-state index in [2.05, 4.69) is 37.7 Å². The van der Waals surface area contributed by atoms with Crippen molar-refractivity contribution in [3.8, 4) is 0 Å². The number of hydrogen-bond donors (Lipinski definition) is 0. The van der Waals surface area contributed by atoms with Gasteiger partial charge in [0.05, 0.1) is 13.2 Å². The third-order valence-corrected chi connectivity index (χ3v) is 3.10. The molecule has 0 aliphatic carbocycles. The normalized spacial score (nSPS) is 23.8. The number of ether oxygens (including phenoxy) is 1. The van der Waals surface area contributed by atoms with Gasteiger partial charge in [-0.2, -0.15) is 0 Å². The Morgan fingerprint density at radius 1 is 1.21 bits per heavy atom. The van der Waals surface area contributed by atoms with Gasteiger partial charge >= 0.3 is 0 Å². The van der Waals surface area contributed by atoms with Gasteiger partial charge in [-0.1, -0.05) is 6.92 Å². The highest BCUT2D eigenvalue weighted by Gasteiger charge is 2.22. The van der Waals surface area contributed by atoms with Crippen LogP contribution in [0.4, 0.5) is 0 Å². The van der Waals surface area contributed by atoms with Gasteiger partial charge in [0, 0.05) is 25.7 Å². The second kappa shape index (κ2) is 5.69. The maximum absolute atomic E-state index is 5.36. The number of morpholine rings is 1. The first-order valence-electron chi connectivity index (χ1n) is 5.57. The maximum atomic E-state index is 5.36. The molecule has 0 saturated carbocycles. The lowest BCUT2D eigenvalue weighted by atomic mass is 10.0. The van der Waals surface area contributed by atoms with Crippen molar-refractivity contribution in [3.05, 3.63) is 0 Å². The summed E-state index contributed by atoms with van der Waals surface area (Å²) in [6.07, 6.45) is 0. The van der Waals surface area contributed by atoms with Crippen LogP contribution in [0.15, 0.2) is 0 Å². The highest BCUT2D eigenvalue weighted by atomic mass is 16.5. The lowest BCUT2D eigenvalue weighted by Gasteiger charge is -2.36. The molecule has 1 saturated heterocycles. The predicted molar refractivity (Wildman–Crippen MR) is 59.6 cm³/mol. The second-order valence-corrected chi connectivity index (χ2v) is 4.63. The van der Waals surface area contributed by atoms with Crippen molar-refractivity contribution in [2.75, 3.05) is 46.9 Å². The van der Waals surface area contributed by atoms with Gasteiger partial charge in [0.15, 0.2) is 0 Å². The Bertz CT molecular complexity index is 155. The summed E-state index contributed by atoms with van der Waals surface area (Å²) in [4.78, 5) is 4.80. The Labute approximate surface area is 88.0 Å². The smallest absolute Gasteiger partial charge is 0.0594 e. The Hall–Kier alpha value is -0.120. The van der Waals surface area contributed by atoms with Gasteiger partial charge in [0.2, 0.25) is 0 Å². The van der Waals surface area contributed by atoms with Crippen LogP contribution in [0.5, 0.6) is 0 Å². The quantitative estimate of drug-likeness (QED) is 0.671. The Morgan fingerprint density at radius 3 is 2.29 bits per heavy atom.